The normalized spacial score (nSPS) is 13.6. The molecule has 0 heterocycles. The van der Waals surface area contributed by atoms with E-state index in [1.165, 1.54) is 0 Å². The van der Waals surface area contributed by atoms with Gasteiger partial charge in [0.25, 0.3) is 0 Å². The van der Waals surface area contributed by atoms with Gasteiger partial charge in [-0.05, 0) is 19.0 Å². The van der Waals surface area contributed by atoms with Gasteiger partial charge < -0.3 is 4.90 Å². The number of rotatable bonds is 6. The number of nitriles is 2. The van der Waals surface area contributed by atoms with E-state index in [0.717, 1.165) is 18.7 Å². The van der Waals surface area contributed by atoms with E-state index in [9.17, 15) is 5.26 Å². The Labute approximate surface area is 109 Å². The van der Waals surface area contributed by atoms with E-state index in [2.05, 4.69) is 24.0 Å². The van der Waals surface area contributed by atoms with Crippen molar-refractivity contribution in [1.29, 1.82) is 10.5 Å². The lowest BCUT2D eigenvalue weighted by Crippen LogP contribution is -2.31. The Morgan fingerprint density at radius 3 is 2.28 bits per heavy atom. The molecule has 1 aromatic carbocycles. The molecule has 0 radical (unpaired) electrons. The van der Waals surface area contributed by atoms with Crippen LogP contribution in [-0.4, -0.2) is 24.5 Å². The highest BCUT2D eigenvalue weighted by atomic mass is 15.1. The van der Waals surface area contributed by atoms with E-state index in [-0.39, 0.29) is 11.8 Å². The second kappa shape index (κ2) is 7.48. The zero-order valence-electron chi connectivity index (χ0n) is 11.0. The van der Waals surface area contributed by atoms with Gasteiger partial charge in [0.2, 0.25) is 0 Å². The molecule has 94 valence electrons. The predicted molar refractivity (Wildman–Crippen MR) is 71.7 cm³/mol. The molecular weight excluding hydrogens is 222 g/mol. The average molecular weight is 241 g/mol. The zero-order valence-corrected chi connectivity index (χ0v) is 11.0. The van der Waals surface area contributed by atoms with Gasteiger partial charge in [0.05, 0.1) is 24.0 Å². The summed E-state index contributed by atoms with van der Waals surface area (Å²) in [6.07, 6.45) is 0. The summed E-state index contributed by atoms with van der Waals surface area (Å²) in [6.45, 7) is 6.23. The van der Waals surface area contributed by atoms with Gasteiger partial charge in [-0.25, -0.2) is 0 Å². The van der Waals surface area contributed by atoms with Gasteiger partial charge in [-0.1, -0.05) is 37.3 Å². The maximum Gasteiger partial charge on any atom is 0.0839 e. The van der Waals surface area contributed by atoms with E-state index in [1.54, 1.807) is 0 Å². The van der Waals surface area contributed by atoms with Crippen LogP contribution in [-0.2, 0) is 0 Å². The molecule has 0 bridgehead atoms. The van der Waals surface area contributed by atoms with Crippen LogP contribution >= 0.6 is 0 Å². The highest BCUT2D eigenvalue weighted by molar-refractivity contribution is 5.25. The van der Waals surface area contributed by atoms with Gasteiger partial charge in [0, 0.05) is 13.1 Å². The summed E-state index contributed by atoms with van der Waals surface area (Å²) in [4.78, 5) is 2.16. The molecule has 0 spiro atoms. The van der Waals surface area contributed by atoms with Gasteiger partial charge in [-0.3, -0.25) is 0 Å². The Morgan fingerprint density at radius 1 is 1.11 bits per heavy atom. The summed E-state index contributed by atoms with van der Waals surface area (Å²) in [5.74, 6) is -0.128. The molecule has 0 aromatic heterocycles. The summed E-state index contributed by atoms with van der Waals surface area (Å²) >= 11 is 0. The number of hydrogen-bond donors (Lipinski definition) is 0. The second-order valence-corrected chi connectivity index (χ2v) is 4.47. The maximum absolute atomic E-state index is 9.27. The molecule has 1 aromatic rings. The van der Waals surface area contributed by atoms with Crippen LogP contribution in [0.2, 0.25) is 0 Å². The summed E-state index contributed by atoms with van der Waals surface area (Å²) < 4.78 is 0. The van der Waals surface area contributed by atoms with Crippen LogP contribution in [0.15, 0.2) is 30.3 Å². The van der Waals surface area contributed by atoms with Crippen LogP contribution in [0.4, 0.5) is 0 Å². The predicted octanol–water partition coefficient (Wildman–Crippen LogP) is 2.78. The van der Waals surface area contributed by atoms with E-state index in [1.807, 2.05) is 37.3 Å². The quantitative estimate of drug-likeness (QED) is 0.769. The fraction of sp³-hybridized carbons (Fsp3) is 0.467. The highest BCUT2D eigenvalue weighted by Crippen LogP contribution is 2.16. The lowest BCUT2D eigenvalue weighted by molar-refractivity contribution is 0.263. The molecular formula is C15H19N3. The Kier molecular flexibility index (Phi) is 5.91. The molecule has 0 aliphatic heterocycles. The fourth-order valence-corrected chi connectivity index (χ4v) is 1.93. The van der Waals surface area contributed by atoms with Crippen molar-refractivity contribution in [3.8, 4) is 12.1 Å². The van der Waals surface area contributed by atoms with Crippen molar-refractivity contribution in [3.05, 3.63) is 35.9 Å². The highest BCUT2D eigenvalue weighted by Gasteiger charge is 2.16. The fourth-order valence-electron chi connectivity index (χ4n) is 1.93. The van der Waals surface area contributed by atoms with Crippen LogP contribution in [0.25, 0.3) is 0 Å². The summed E-state index contributed by atoms with van der Waals surface area (Å²) in [6, 6.07) is 14.4. The molecule has 2 unspecified atom stereocenters. The van der Waals surface area contributed by atoms with E-state index in [0.29, 0.717) is 6.54 Å². The molecule has 2 atom stereocenters. The third-order valence-corrected chi connectivity index (χ3v) is 3.00. The minimum Gasteiger partial charge on any atom is -0.301 e. The maximum atomic E-state index is 9.27. The largest absolute Gasteiger partial charge is 0.301 e. The van der Waals surface area contributed by atoms with Gasteiger partial charge in [-0.15, -0.1) is 0 Å². The van der Waals surface area contributed by atoms with E-state index in [4.69, 9.17) is 5.26 Å². The SMILES string of the molecule is CCN(CC(C)C#N)CC(C#N)c1ccccc1. The van der Waals surface area contributed by atoms with Gasteiger partial charge >= 0.3 is 0 Å². The molecule has 0 aliphatic carbocycles. The first kappa shape index (κ1) is 14.2. The minimum atomic E-state index is -0.128. The molecule has 3 heteroatoms. The first-order valence-corrected chi connectivity index (χ1v) is 6.27. The van der Waals surface area contributed by atoms with Crippen LogP contribution in [0.5, 0.6) is 0 Å². The van der Waals surface area contributed by atoms with Crippen molar-refractivity contribution in [2.45, 2.75) is 19.8 Å². The van der Waals surface area contributed by atoms with Crippen molar-refractivity contribution >= 4 is 0 Å². The van der Waals surface area contributed by atoms with E-state index < -0.39 is 0 Å². The number of hydrogen-bond acceptors (Lipinski definition) is 3. The van der Waals surface area contributed by atoms with Gasteiger partial charge in [0.1, 0.15) is 0 Å². The molecule has 0 aliphatic rings. The third-order valence-electron chi connectivity index (χ3n) is 3.00. The summed E-state index contributed by atoms with van der Waals surface area (Å²) in [5, 5.41) is 18.1. The molecule has 0 N–H and O–H groups in total. The molecule has 0 fully saturated rings. The van der Waals surface area contributed by atoms with Crippen molar-refractivity contribution in [1.82, 2.24) is 4.90 Å². The molecule has 3 nitrogen and oxygen atoms in total. The van der Waals surface area contributed by atoms with Crippen molar-refractivity contribution in [2.24, 2.45) is 5.92 Å². The van der Waals surface area contributed by atoms with Crippen LogP contribution in [0.1, 0.15) is 25.3 Å². The van der Waals surface area contributed by atoms with Crippen LogP contribution in [0.3, 0.4) is 0 Å². The number of benzene rings is 1. The Hall–Kier alpha value is -1.84. The number of nitrogens with zero attached hydrogens (tertiary/aromatic N) is 3. The summed E-state index contributed by atoms with van der Waals surface area (Å²) in [7, 11) is 0. The standard InChI is InChI=1S/C15H19N3/c1-3-18(11-13(2)9-16)12-15(10-17)14-7-5-4-6-8-14/h4-8,13,15H,3,11-12H2,1-2H3. The minimum absolute atomic E-state index is 0.0000613. The zero-order chi connectivity index (χ0) is 13.4. The van der Waals surface area contributed by atoms with E-state index >= 15 is 0 Å². The van der Waals surface area contributed by atoms with Gasteiger partial charge in [-0.2, -0.15) is 10.5 Å². The van der Waals surface area contributed by atoms with Crippen molar-refractivity contribution in [2.75, 3.05) is 19.6 Å². The van der Waals surface area contributed by atoms with Crippen LogP contribution in [0, 0.1) is 28.6 Å². The van der Waals surface area contributed by atoms with Crippen molar-refractivity contribution in [3.63, 3.8) is 0 Å². The Morgan fingerprint density at radius 2 is 1.78 bits per heavy atom. The Balaban J connectivity index is 2.68. The topological polar surface area (TPSA) is 50.8 Å². The monoisotopic (exact) mass is 241 g/mol. The smallest absolute Gasteiger partial charge is 0.0839 e. The molecule has 0 amide bonds. The third kappa shape index (κ3) is 4.20. The lowest BCUT2D eigenvalue weighted by atomic mass is 9.99. The average Bonchev–Trinajstić information content (AvgIpc) is 2.43. The van der Waals surface area contributed by atoms with Gasteiger partial charge in [0.15, 0.2) is 0 Å². The summed E-state index contributed by atoms with van der Waals surface area (Å²) in [5.41, 5.74) is 1.04. The molecule has 18 heavy (non-hydrogen) atoms. The molecule has 1 rings (SSSR count). The first-order chi connectivity index (χ1) is 8.71. The van der Waals surface area contributed by atoms with Crippen LogP contribution < -0.4 is 0 Å². The first-order valence-electron chi connectivity index (χ1n) is 6.27. The lowest BCUT2D eigenvalue weighted by Gasteiger charge is -2.24. The second-order valence-electron chi connectivity index (χ2n) is 4.47. The Bertz CT molecular complexity index is 427. The molecule has 0 saturated heterocycles. The number of likely N-dealkylation sites (N-methyl/N-ethyl adjacent to an activating group) is 1. The van der Waals surface area contributed by atoms with Crippen molar-refractivity contribution < 1.29 is 0 Å². The molecule has 0 saturated carbocycles.